The first-order valence-corrected chi connectivity index (χ1v) is 5.60. The van der Waals surface area contributed by atoms with Crippen LogP contribution in [0, 0.1) is 19.3 Å². The molecule has 1 atom stereocenters. The molecule has 1 aromatic carbocycles. The van der Waals surface area contributed by atoms with Crippen LogP contribution in [0.1, 0.15) is 50.3 Å². The fourth-order valence-electron chi connectivity index (χ4n) is 1.70. The summed E-state index contributed by atoms with van der Waals surface area (Å²) in [7, 11) is 6.18. The summed E-state index contributed by atoms with van der Waals surface area (Å²) < 4.78 is 0. The minimum Gasteiger partial charge on any atom is -0.0901 e. The second-order valence-corrected chi connectivity index (χ2v) is 5.60. The number of hydrogen-bond acceptors (Lipinski definition) is 0. The summed E-state index contributed by atoms with van der Waals surface area (Å²) in [5, 5.41) is 0. The molecule has 0 aliphatic rings. The maximum absolute atomic E-state index is 6.18. The van der Waals surface area contributed by atoms with E-state index in [0.717, 1.165) is 5.46 Å². The highest BCUT2D eigenvalue weighted by Crippen LogP contribution is 2.33. The number of hydrogen-bond donors (Lipinski definition) is 0. The third kappa shape index (κ3) is 2.45. The van der Waals surface area contributed by atoms with Crippen LogP contribution in [0.4, 0.5) is 0 Å². The molecular formula is C14H21B. The van der Waals surface area contributed by atoms with Crippen LogP contribution in [0.3, 0.4) is 0 Å². The van der Waals surface area contributed by atoms with Gasteiger partial charge in [0.15, 0.2) is 0 Å². The van der Waals surface area contributed by atoms with Crippen LogP contribution in [0.25, 0.3) is 0 Å². The first-order chi connectivity index (χ1) is 6.75. The van der Waals surface area contributed by atoms with Gasteiger partial charge in [0.05, 0.1) is 0 Å². The highest BCUT2D eigenvalue weighted by Gasteiger charge is 2.23. The van der Waals surface area contributed by atoms with Gasteiger partial charge < -0.3 is 0 Å². The first kappa shape index (κ1) is 12.4. The minimum atomic E-state index is 0.260. The van der Waals surface area contributed by atoms with E-state index in [9.17, 15) is 0 Å². The lowest BCUT2D eigenvalue weighted by atomic mass is 9.71. The van der Waals surface area contributed by atoms with Crippen molar-refractivity contribution in [1.29, 1.82) is 0 Å². The van der Waals surface area contributed by atoms with E-state index in [1.165, 1.54) is 16.7 Å². The predicted octanol–water partition coefficient (Wildman–Crippen LogP) is 3.25. The Morgan fingerprint density at radius 2 is 1.67 bits per heavy atom. The lowest BCUT2D eigenvalue weighted by Crippen LogP contribution is -2.24. The van der Waals surface area contributed by atoms with Crippen molar-refractivity contribution < 1.29 is 0 Å². The molecule has 0 saturated heterocycles. The molecule has 1 rings (SSSR count). The Bertz CT molecular complexity index is 358. The van der Waals surface area contributed by atoms with Gasteiger partial charge in [0, 0.05) is 0 Å². The molecule has 2 radical (unpaired) electrons. The highest BCUT2D eigenvalue weighted by molar-refractivity contribution is 6.34. The summed E-state index contributed by atoms with van der Waals surface area (Å²) in [6.45, 7) is 13.2. The third-order valence-electron chi connectivity index (χ3n) is 3.58. The zero-order valence-electron chi connectivity index (χ0n) is 10.8. The summed E-state index contributed by atoms with van der Waals surface area (Å²) in [5.74, 6) is 0.483. The van der Waals surface area contributed by atoms with Crippen LogP contribution in [0.15, 0.2) is 12.1 Å². The van der Waals surface area contributed by atoms with Gasteiger partial charge >= 0.3 is 0 Å². The summed E-state index contributed by atoms with van der Waals surface area (Å²) in [4.78, 5) is 0. The van der Waals surface area contributed by atoms with Gasteiger partial charge in [-0.2, -0.15) is 0 Å². The van der Waals surface area contributed by atoms with Gasteiger partial charge in [0.1, 0.15) is 7.85 Å². The summed E-state index contributed by atoms with van der Waals surface area (Å²) in [6.07, 6.45) is 0. The van der Waals surface area contributed by atoms with E-state index in [-0.39, 0.29) is 5.41 Å². The largest absolute Gasteiger partial charge is 0.114 e. The average Bonchev–Trinajstić information content (AvgIpc) is 2.12. The van der Waals surface area contributed by atoms with Crippen molar-refractivity contribution in [2.75, 3.05) is 0 Å². The molecular weight excluding hydrogens is 179 g/mol. The third-order valence-corrected chi connectivity index (χ3v) is 3.58. The fourth-order valence-corrected chi connectivity index (χ4v) is 1.70. The summed E-state index contributed by atoms with van der Waals surface area (Å²) >= 11 is 0. The lowest BCUT2D eigenvalue weighted by molar-refractivity contribution is 0.340. The Labute approximate surface area is 95.5 Å². The maximum atomic E-state index is 6.18. The molecule has 80 valence electrons. The molecule has 0 saturated carbocycles. The van der Waals surface area contributed by atoms with E-state index in [1.807, 2.05) is 0 Å². The normalized spacial score (nSPS) is 14.0. The monoisotopic (exact) mass is 200 g/mol. The van der Waals surface area contributed by atoms with Crippen molar-refractivity contribution in [2.24, 2.45) is 5.41 Å². The van der Waals surface area contributed by atoms with E-state index >= 15 is 0 Å². The van der Waals surface area contributed by atoms with Crippen LogP contribution in [0.5, 0.6) is 0 Å². The van der Waals surface area contributed by atoms with Crippen LogP contribution in [-0.4, -0.2) is 7.85 Å². The molecule has 1 aromatic rings. The second kappa shape index (κ2) is 4.04. The van der Waals surface area contributed by atoms with E-state index in [4.69, 9.17) is 7.85 Å². The molecule has 0 fully saturated rings. The predicted molar refractivity (Wildman–Crippen MR) is 69.2 cm³/mol. The Hall–Kier alpha value is -0.715. The lowest BCUT2D eigenvalue weighted by Gasteiger charge is -2.30. The van der Waals surface area contributed by atoms with Gasteiger partial charge in [0.2, 0.25) is 0 Å². The Morgan fingerprint density at radius 3 is 2.13 bits per heavy atom. The molecule has 0 aliphatic carbocycles. The van der Waals surface area contributed by atoms with Gasteiger partial charge in [-0.05, 0) is 30.7 Å². The molecule has 0 N–H and O–H groups in total. The molecule has 0 heterocycles. The van der Waals surface area contributed by atoms with Crippen molar-refractivity contribution in [1.82, 2.24) is 0 Å². The van der Waals surface area contributed by atoms with Gasteiger partial charge in [-0.3, -0.25) is 0 Å². The quantitative estimate of drug-likeness (QED) is 0.610. The molecule has 0 amide bonds. The standard InChI is InChI=1S/C14H21B/c1-9-7-8-12(13(15)10(9)2)11(3)14(4,5)6/h7-8,11H,1-6H3. The fraction of sp³-hybridized carbons (Fsp3) is 0.571. The molecule has 0 spiro atoms. The van der Waals surface area contributed by atoms with Crippen LogP contribution in [-0.2, 0) is 0 Å². The van der Waals surface area contributed by atoms with Crippen LogP contribution >= 0.6 is 0 Å². The zero-order valence-corrected chi connectivity index (χ0v) is 10.8. The van der Waals surface area contributed by atoms with Crippen molar-refractivity contribution in [3.63, 3.8) is 0 Å². The van der Waals surface area contributed by atoms with Crippen molar-refractivity contribution in [3.05, 3.63) is 28.8 Å². The van der Waals surface area contributed by atoms with Gasteiger partial charge in [0.25, 0.3) is 0 Å². The number of rotatable bonds is 1. The van der Waals surface area contributed by atoms with Crippen molar-refractivity contribution in [3.8, 4) is 0 Å². The second-order valence-electron chi connectivity index (χ2n) is 5.60. The Balaban J connectivity index is 3.23. The summed E-state index contributed by atoms with van der Waals surface area (Å²) in [5.41, 5.74) is 5.01. The van der Waals surface area contributed by atoms with Crippen molar-refractivity contribution in [2.45, 2.75) is 47.5 Å². The highest BCUT2D eigenvalue weighted by atomic mass is 14.3. The number of aryl methyl sites for hydroxylation is 1. The molecule has 15 heavy (non-hydrogen) atoms. The van der Waals surface area contributed by atoms with E-state index in [0.29, 0.717) is 5.92 Å². The van der Waals surface area contributed by atoms with E-state index in [1.54, 1.807) is 0 Å². The molecule has 0 aromatic heterocycles. The molecule has 0 bridgehead atoms. The first-order valence-electron chi connectivity index (χ1n) is 5.60. The zero-order chi connectivity index (χ0) is 11.8. The average molecular weight is 200 g/mol. The van der Waals surface area contributed by atoms with E-state index in [2.05, 4.69) is 53.7 Å². The Morgan fingerprint density at radius 1 is 1.13 bits per heavy atom. The summed E-state index contributed by atoms with van der Waals surface area (Å²) in [6, 6.07) is 4.34. The van der Waals surface area contributed by atoms with Crippen LogP contribution in [0.2, 0.25) is 0 Å². The van der Waals surface area contributed by atoms with Crippen LogP contribution < -0.4 is 5.46 Å². The van der Waals surface area contributed by atoms with Gasteiger partial charge in [-0.1, -0.05) is 56.4 Å². The Kier molecular flexibility index (Phi) is 3.33. The molecule has 0 nitrogen and oxygen atoms in total. The number of benzene rings is 1. The molecule has 1 heteroatoms. The van der Waals surface area contributed by atoms with Crippen molar-refractivity contribution >= 4 is 13.3 Å². The SMILES string of the molecule is [B]c1c(C(C)C(C)(C)C)ccc(C)c1C. The smallest absolute Gasteiger partial charge is 0.0901 e. The van der Waals surface area contributed by atoms with E-state index < -0.39 is 0 Å². The molecule has 0 aliphatic heterocycles. The van der Waals surface area contributed by atoms with Gasteiger partial charge in [-0.25, -0.2) is 0 Å². The molecule has 1 unspecified atom stereocenters. The maximum Gasteiger partial charge on any atom is 0.114 e. The van der Waals surface area contributed by atoms with Gasteiger partial charge in [-0.15, -0.1) is 0 Å². The minimum absolute atomic E-state index is 0.260. The topological polar surface area (TPSA) is 0 Å².